The Bertz CT molecular complexity index is 1910. The number of carbonyl (C=O) groups excluding carboxylic acids is 4. The number of fused-ring (bicyclic) bond motifs is 2. The lowest BCUT2D eigenvalue weighted by Gasteiger charge is -2.30. The number of Topliss-reactive ketones (excluding diaryl/α,β-unsaturated/α-hetero) is 1. The van der Waals surface area contributed by atoms with Crippen LogP contribution in [-0.2, 0) is 41.7 Å². The maximum Gasteiger partial charge on any atom is 0.255 e. The first-order valence-corrected chi connectivity index (χ1v) is 19.8. The number of nitrogens with two attached hydrogens (primary N) is 1. The van der Waals surface area contributed by atoms with Crippen molar-refractivity contribution in [1.82, 2.24) is 15.5 Å². The number of allylic oxidation sites excluding steroid dienone is 4. The molecule has 4 rings (SSSR count). The molecule has 0 saturated carbocycles. The summed E-state index contributed by atoms with van der Waals surface area (Å²) >= 11 is 0. The molecule has 2 aliphatic rings. The minimum absolute atomic E-state index is 0.0474. The summed E-state index contributed by atoms with van der Waals surface area (Å²) in [6.45, 7) is 13.3. The normalized spacial score (nSPS) is 26.9. The second kappa shape index (κ2) is 21.8. The van der Waals surface area contributed by atoms with Crippen molar-refractivity contribution in [3.05, 3.63) is 130 Å². The van der Waals surface area contributed by atoms with Gasteiger partial charge < -0.3 is 35.7 Å². The smallest absolute Gasteiger partial charge is 0.255 e. The highest BCUT2D eigenvalue weighted by Crippen LogP contribution is 2.29. The molecule has 2 aromatic carbocycles. The highest BCUT2D eigenvalue weighted by molar-refractivity contribution is 6.24. The van der Waals surface area contributed by atoms with E-state index in [1.807, 2.05) is 57.2 Å². The molecule has 0 radical (unpaired) electrons. The van der Waals surface area contributed by atoms with Gasteiger partial charge >= 0.3 is 0 Å². The number of rotatable bonds is 11. The quantitative estimate of drug-likeness (QED) is 0.131. The first kappa shape index (κ1) is 45.9. The number of carbonyl (C=O) groups is 4. The summed E-state index contributed by atoms with van der Waals surface area (Å²) in [4.78, 5) is 57.2. The van der Waals surface area contributed by atoms with Crippen molar-refractivity contribution in [2.75, 3.05) is 20.8 Å². The Balaban J connectivity index is 1.65. The van der Waals surface area contributed by atoms with Crippen molar-refractivity contribution in [3.63, 3.8) is 0 Å². The van der Waals surface area contributed by atoms with E-state index in [-0.39, 0.29) is 34.9 Å². The van der Waals surface area contributed by atoms with Crippen molar-refractivity contribution in [2.45, 2.75) is 98.1 Å². The third kappa shape index (κ3) is 12.6. The van der Waals surface area contributed by atoms with Crippen molar-refractivity contribution in [3.8, 4) is 0 Å². The summed E-state index contributed by atoms with van der Waals surface area (Å²) < 4.78 is 17.6. The van der Waals surface area contributed by atoms with Gasteiger partial charge in [0.2, 0.25) is 11.6 Å². The van der Waals surface area contributed by atoms with Crippen LogP contribution in [0.15, 0.2) is 113 Å². The summed E-state index contributed by atoms with van der Waals surface area (Å²) in [5.74, 6) is -3.09. The minimum Gasteiger partial charge on any atom is -0.390 e. The summed E-state index contributed by atoms with van der Waals surface area (Å²) in [6.07, 6.45) is 4.75. The molecule has 312 valence electrons. The van der Waals surface area contributed by atoms with E-state index in [9.17, 15) is 24.3 Å². The first-order valence-electron chi connectivity index (χ1n) is 19.8. The van der Waals surface area contributed by atoms with Gasteiger partial charge in [0.1, 0.15) is 18.4 Å². The Kier molecular flexibility index (Phi) is 17.2. The molecule has 0 aromatic heterocycles. The number of nitrogens with zero attached hydrogens (tertiary/aromatic N) is 1. The van der Waals surface area contributed by atoms with Crippen LogP contribution >= 0.6 is 0 Å². The second-order valence-corrected chi connectivity index (χ2v) is 15.3. The van der Waals surface area contributed by atoms with Crippen molar-refractivity contribution in [1.29, 1.82) is 0 Å². The molecule has 0 saturated heterocycles. The van der Waals surface area contributed by atoms with Crippen molar-refractivity contribution in [2.24, 2.45) is 17.6 Å². The monoisotopic (exact) mass is 796 g/mol. The van der Waals surface area contributed by atoms with Crippen LogP contribution in [0.2, 0.25) is 0 Å². The average molecular weight is 797 g/mol. The van der Waals surface area contributed by atoms with Gasteiger partial charge in [0.05, 0.1) is 23.6 Å². The first-order chi connectivity index (χ1) is 27.6. The molecule has 2 aromatic rings. The van der Waals surface area contributed by atoms with Gasteiger partial charge in [-0.25, -0.2) is 0 Å². The van der Waals surface area contributed by atoms with E-state index in [4.69, 9.17) is 19.9 Å². The molecule has 2 amide bonds. The fourth-order valence-electron chi connectivity index (χ4n) is 7.18. The van der Waals surface area contributed by atoms with E-state index < -0.39 is 59.9 Å². The van der Waals surface area contributed by atoms with Gasteiger partial charge in [0.15, 0.2) is 0 Å². The fraction of sp³-hybridized carbons (Fsp3) is 0.435. The Morgan fingerprint density at radius 3 is 2.26 bits per heavy atom. The lowest BCUT2D eigenvalue weighted by atomic mass is 9.85. The Morgan fingerprint density at radius 1 is 1.00 bits per heavy atom. The molecular weight excluding hydrogens is 737 g/mol. The number of ether oxygens (including phenoxy) is 3. The van der Waals surface area contributed by atoms with Gasteiger partial charge in [-0.15, -0.1) is 0 Å². The molecule has 1 aliphatic carbocycles. The lowest BCUT2D eigenvalue weighted by molar-refractivity contribution is -0.120. The van der Waals surface area contributed by atoms with Crippen LogP contribution in [0.3, 0.4) is 0 Å². The van der Waals surface area contributed by atoms with Gasteiger partial charge in [-0.05, 0) is 74.9 Å². The SMILES string of the molecule is CCN(Cc1ccccc1)Cc1ccc(C(=O)NC2=C3C[C@@H](C)C[C@H](OC)[C@H](O)[C@@H](C)/C=C(\C)[C@H](OC(C)N)[C@@H](OC)/C=C\C=C(/C)C(=O)NC(=CC2=O)C3=O)cc1. The lowest BCUT2D eigenvalue weighted by Crippen LogP contribution is -2.38. The third-order valence-electron chi connectivity index (χ3n) is 10.5. The van der Waals surface area contributed by atoms with Crippen LogP contribution in [0.4, 0.5) is 0 Å². The zero-order valence-corrected chi connectivity index (χ0v) is 35.0. The Labute approximate surface area is 342 Å². The molecule has 12 nitrogen and oxygen atoms in total. The molecule has 2 bridgehead atoms. The largest absolute Gasteiger partial charge is 0.390 e. The van der Waals surface area contributed by atoms with E-state index in [1.165, 1.54) is 19.8 Å². The van der Waals surface area contributed by atoms with E-state index in [2.05, 4.69) is 34.6 Å². The fourth-order valence-corrected chi connectivity index (χ4v) is 7.18. The zero-order valence-electron chi connectivity index (χ0n) is 35.0. The van der Waals surface area contributed by atoms with Crippen LogP contribution in [-0.4, -0.2) is 84.8 Å². The number of amides is 2. The molecule has 58 heavy (non-hydrogen) atoms. The number of hydrogen-bond acceptors (Lipinski definition) is 10. The van der Waals surface area contributed by atoms with E-state index in [1.54, 1.807) is 44.2 Å². The number of aliphatic hydroxyl groups excluding tert-OH is 1. The topological polar surface area (TPSA) is 170 Å². The molecule has 7 atom stereocenters. The summed E-state index contributed by atoms with van der Waals surface area (Å²) in [6, 6.07) is 17.4. The number of hydrogen-bond donors (Lipinski definition) is 4. The van der Waals surface area contributed by atoms with E-state index in [0.717, 1.165) is 30.3 Å². The number of nitrogens with one attached hydrogen (secondary N) is 2. The van der Waals surface area contributed by atoms with Crippen LogP contribution in [0.5, 0.6) is 0 Å². The Morgan fingerprint density at radius 2 is 1.66 bits per heavy atom. The minimum atomic E-state index is -0.958. The standard InChI is InChI=1S/C46H60N4O8/c1-9-50(26-33-15-11-10-12-16-33)27-34-18-20-35(21-19-34)46(55)49-41-36-22-28(2)23-40(57-8)42(52)30(4)24-31(5)44(58-32(6)47)39(56-7)17-13-14-29(3)45(54)48-37(43(36)53)25-38(41)51/h10-21,24-25,28,30,32,39-40,42,44,52H,9,22-23,26-27,47H2,1-8H3,(H,48,54)(H,49,55)/b17-13-,29-14+,31-24+/t28-,30+,32?,39+,40+,42-,44+/m1/s1. The van der Waals surface area contributed by atoms with Gasteiger partial charge in [0, 0.05) is 56.0 Å². The molecule has 0 spiro atoms. The Hall–Kier alpha value is -4.82. The van der Waals surface area contributed by atoms with Crippen LogP contribution in [0, 0.1) is 11.8 Å². The van der Waals surface area contributed by atoms with Gasteiger partial charge in [-0.3, -0.25) is 24.1 Å². The summed E-state index contributed by atoms with van der Waals surface area (Å²) in [7, 11) is 3.04. The highest BCUT2D eigenvalue weighted by Gasteiger charge is 2.34. The van der Waals surface area contributed by atoms with Crippen LogP contribution in [0.25, 0.3) is 0 Å². The van der Waals surface area contributed by atoms with Crippen LogP contribution in [0.1, 0.15) is 75.9 Å². The highest BCUT2D eigenvalue weighted by atomic mass is 16.5. The maximum absolute atomic E-state index is 14.1. The maximum atomic E-state index is 14.1. The molecule has 1 heterocycles. The van der Waals surface area contributed by atoms with Crippen LogP contribution < -0.4 is 16.4 Å². The predicted octanol–water partition coefficient (Wildman–Crippen LogP) is 5.44. The van der Waals surface area contributed by atoms with Crippen molar-refractivity contribution < 1.29 is 38.5 Å². The van der Waals surface area contributed by atoms with Gasteiger partial charge in [0.25, 0.3) is 11.8 Å². The van der Waals surface area contributed by atoms with Crippen molar-refractivity contribution >= 4 is 23.4 Å². The van der Waals surface area contributed by atoms with Gasteiger partial charge in [-0.1, -0.05) is 87.5 Å². The molecule has 5 N–H and O–H groups in total. The number of methoxy groups -OCH3 is 2. The third-order valence-corrected chi connectivity index (χ3v) is 10.5. The van der Waals surface area contributed by atoms with Gasteiger partial charge in [-0.2, -0.15) is 0 Å². The molecule has 1 aliphatic heterocycles. The van der Waals surface area contributed by atoms with E-state index in [0.29, 0.717) is 18.5 Å². The van der Waals surface area contributed by atoms with E-state index >= 15 is 0 Å². The molecule has 0 fully saturated rings. The summed E-state index contributed by atoms with van der Waals surface area (Å²) in [5, 5.41) is 16.9. The average Bonchev–Trinajstić information content (AvgIpc) is 3.20. The number of ketones is 2. The number of benzene rings is 2. The second-order valence-electron chi connectivity index (χ2n) is 15.3. The zero-order chi connectivity index (χ0) is 42.5. The molecule has 12 heteroatoms. The molecular formula is C46H60N4O8. The summed E-state index contributed by atoms with van der Waals surface area (Å²) in [5.41, 5.74) is 9.29. The number of aliphatic hydroxyl groups is 1. The molecule has 1 unspecified atom stereocenters. The predicted molar refractivity (Wildman–Crippen MR) is 224 cm³/mol.